The van der Waals surface area contributed by atoms with Gasteiger partial charge in [0.05, 0.1) is 32.6 Å². The molecule has 0 saturated carbocycles. The van der Waals surface area contributed by atoms with Crippen molar-refractivity contribution in [2.45, 2.75) is 6.04 Å². The first-order valence-electron chi connectivity index (χ1n) is 9.49. The molecule has 0 radical (unpaired) electrons. The second-order valence-electron chi connectivity index (χ2n) is 6.69. The first kappa shape index (κ1) is 19.2. The highest BCUT2D eigenvalue weighted by molar-refractivity contribution is 5.93. The third kappa shape index (κ3) is 4.49. The van der Waals surface area contributed by atoms with Crippen LogP contribution in [-0.4, -0.2) is 55.9 Å². The maximum absolute atomic E-state index is 12.6. The Balaban J connectivity index is 1.42. The standard InChI is InChI=1S/C21H23N3O5/c1-26-16-6-4-15(5-7-16)20-13-17(23-29-20)21(25)22-14-18(19-3-2-10-28-19)24-8-11-27-12-9-24/h2-7,10,13,18H,8-9,11-12,14H2,1H3,(H,22,25)/t18-/m0/s1. The maximum Gasteiger partial charge on any atom is 0.273 e. The van der Waals surface area contributed by atoms with Crippen LogP contribution in [0.5, 0.6) is 5.75 Å². The highest BCUT2D eigenvalue weighted by atomic mass is 16.5. The van der Waals surface area contributed by atoms with Crippen LogP contribution in [0.3, 0.4) is 0 Å². The van der Waals surface area contributed by atoms with E-state index in [0.717, 1.165) is 30.2 Å². The van der Waals surface area contributed by atoms with Gasteiger partial charge in [-0.15, -0.1) is 0 Å². The molecule has 8 nitrogen and oxygen atoms in total. The largest absolute Gasteiger partial charge is 0.497 e. The molecule has 3 heterocycles. The van der Waals surface area contributed by atoms with Gasteiger partial charge in [-0.05, 0) is 36.4 Å². The van der Waals surface area contributed by atoms with Gasteiger partial charge in [-0.3, -0.25) is 9.69 Å². The molecule has 1 amide bonds. The van der Waals surface area contributed by atoms with Crippen LogP contribution in [0.25, 0.3) is 11.3 Å². The molecule has 1 fully saturated rings. The number of furan rings is 1. The lowest BCUT2D eigenvalue weighted by Gasteiger charge is -2.33. The Kier molecular flexibility index (Phi) is 5.92. The number of rotatable bonds is 7. The summed E-state index contributed by atoms with van der Waals surface area (Å²) >= 11 is 0. The predicted molar refractivity (Wildman–Crippen MR) is 105 cm³/mol. The van der Waals surface area contributed by atoms with E-state index in [4.69, 9.17) is 18.4 Å². The van der Waals surface area contributed by atoms with Crippen molar-refractivity contribution < 1.29 is 23.2 Å². The number of benzene rings is 1. The van der Waals surface area contributed by atoms with E-state index in [0.29, 0.717) is 25.5 Å². The summed E-state index contributed by atoms with van der Waals surface area (Å²) in [7, 11) is 1.61. The smallest absolute Gasteiger partial charge is 0.273 e. The molecule has 1 aliphatic rings. The van der Waals surface area contributed by atoms with E-state index in [1.807, 2.05) is 36.4 Å². The average molecular weight is 397 g/mol. The highest BCUT2D eigenvalue weighted by Crippen LogP contribution is 2.24. The Labute approximate surface area is 168 Å². The molecule has 1 saturated heterocycles. The van der Waals surface area contributed by atoms with Crippen LogP contribution >= 0.6 is 0 Å². The number of methoxy groups -OCH3 is 1. The zero-order valence-electron chi connectivity index (χ0n) is 16.2. The zero-order chi connectivity index (χ0) is 20.1. The Morgan fingerprint density at radius 2 is 2.03 bits per heavy atom. The van der Waals surface area contributed by atoms with Crippen LogP contribution in [0.2, 0.25) is 0 Å². The number of amides is 1. The Morgan fingerprint density at radius 3 is 2.72 bits per heavy atom. The molecule has 0 spiro atoms. The molecule has 152 valence electrons. The lowest BCUT2D eigenvalue weighted by atomic mass is 10.1. The molecule has 2 aromatic heterocycles. The molecule has 8 heteroatoms. The van der Waals surface area contributed by atoms with E-state index in [1.165, 1.54) is 0 Å². The van der Waals surface area contributed by atoms with Gasteiger partial charge in [0.1, 0.15) is 11.5 Å². The van der Waals surface area contributed by atoms with Gasteiger partial charge >= 0.3 is 0 Å². The molecule has 0 unspecified atom stereocenters. The molecule has 0 aliphatic carbocycles. The van der Waals surface area contributed by atoms with Crippen molar-refractivity contribution in [3.63, 3.8) is 0 Å². The van der Waals surface area contributed by atoms with Gasteiger partial charge in [-0.1, -0.05) is 5.16 Å². The highest BCUT2D eigenvalue weighted by Gasteiger charge is 2.26. The van der Waals surface area contributed by atoms with Crippen molar-refractivity contribution in [2.24, 2.45) is 0 Å². The van der Waals surface area contributed by atoms with E-state index >= 15 is 0 Å². The van der Waals surface area contributed by atoms with Crippen LogP contribution in [0.4, 0.5) is 0 Å². The minimum atomic E-state index is -0.293. The molecule has 0 bridgehead atoms. The summed E-state index contributed by atoms with van der Waals surface area (Å²) in [6.07, 6.45) is 1.64. The first-order chi connectivity index (χ1) is 14.2. The third-order valence-electron chi connectivity index (χ3n) is 4.93. The summed E-state index contributed by atoms with van der Waals surface area (Å²) < 4.78 is 21.5. The predicted octanol–water partition coefficient (Wildman–Crippen LogP) is 2.75. The molecule has 1 N–H and O–H groups in total. The van der Waals surface area contributed by atoms with Gasteiger partial charge in [-0.25, -0.2) is 0 Å². The summed E-state index contributed by atoms with van der Waals surface area (Å²) in [4.78, 5) is 14.9. The number of nitrogens with zero attached hydrogens (tertiary/aromatic N) is 2. The van der Waals surface area contributed by atoms with Crippen molar-refractivity contribution in [3.8, 4) is 17.1 Å². The molecule has 3 aromatic rings. The topological polar surface area (TPSA) is 90.0 Å². The fourth-order valence-corrected chi connectivity index (χ4v) is 3.33. The van der Waals surface area contributed by atoms with Gasteiger partial charge in [-0.2, -0.15) is 0 Å². The van der Waals surface area contributed by atoms with Crippen molar-refractivity contribution >= 4 is 5.91 Å². The Morgan fingerprint density at radius 1 is 1.24 bits per heavy atom. The van der Waals surface area contributed by atoms with Gasteiger partial charge in [0.25, 0.3) is 5.91 Å². The second kappa shape index (κ2) is 8.93. The van der Waals surface area contributed by atoms with Gasteiger partial charge in [0, 0.05) is 31.3 Å². The SMILES string of the molecule is COc1ccc(-c2cc(C(=O)NC[C@@H](c3ccco3)N3CCOCC3)no2)cc1. The number of nitrogens with one attached hydrogen (secondary N) is 1. The van der Waals surface area contributed by atoms with E-state index in [1.54, 1.807) is 19.4 Å². The average Bonchev–Trinajstić information content (AvgIpc) is 3.47. The van der Waals surface area contributed by atoms with Crippen LogP contribution in [0, 0.1) is 0 Å². The number of carbonyl (C=O) groups is 1. The van der Waals surface area contributed by atoms with Crippen molar-refractivity contribution in [1.82, 2.24) is 15.4 Å². The van der Waals surface area contributed by atoms with Crippen LogP contribution in [0.1, 0.15) is 22.3 Å². The second-order valence-corrected chi connectivity index (χ2v) is 6.69. The molecule has 1 aromatic carbocycles. The Hall–Kier alpha value is -3.10. The minimum absolute atomic E-state index is 0.0641. The third-order valence-corrected chi connectivity index (χ3v) is 4.93. The number of hydrogen-bond acceptors (Lipinski definition) is 7. The van der Waals surface area contributed by atoms with Gasteiger partial charge in [0.15, 0.2) is 11.5 Å². The van der Waals surface area contributed by atoms with Crippen LogP contribution in [0.15, 0.2) is 57.7 Å². The summed E-state index contributed by atoms with van der Waals surface area (Å²) in [5, 5.41) is 6.86. The number of morpholine rings is 1. The molecule has 1 aliphatic heterocycles. The van der Waals surface area contributed by atoms with Crippen molar-refractivity contribution in [1.29, 1.82) is 0 Å². The van der Waals surface area contributed by atoms with Gasteiger partial charge in [0.2, 0.25) is 0 Å². The van der Waals surface area contributed by atoms with Crippen LogP contribution < -0.4 is 10.1 Å². The quantitative estimate of drug-likeness (QED) is 0.656. The lowest BCUT2D eigenvalue weighted by Crippen LogP contribution is -2.43. The normalized spacial score (nSPS) is 15.8. The van der Waals surface area contributed by atoms with Gasteiger partial charge < -0.3 is 23.7 Å². The molecule has 29 heavy (non-hydrogen) atoms. The fraction of sp³-hybridized carbons (Fsp3) is 0.333. The summed E-state index contributed by atoms with van der Waals surface area (Å²) in [5.74, 6) is 1.79. The van der Waals surface area contributed by atoms with E-state index in [9.17, 15) is 4.79 Å². The monoisotopic (exact) mass is 397 g/mol. The molecule has 4 rings (SSSR count). The summed E-state index contributed by atoms with van der Waals surface area (Å²) in [6, 6.07) is 12.7. The van der Waals surface area contributed by atoms with Crippen LogP contribution in [-0.2, 0) is 4.74 Å². The minimum Gasteiger partial charge on any atom is -0.497 e. The summed E-state index contributed by atoms with van der Waals surface area (Å²) in [5.41, 5.74) is 1.05. The molecular weight excluding hydrogens is 374 g/mol. The van der Waals surface area contributed by atoms with E-state index < -0.39 is 0 Å². The maximum atomic E-state index is 12.6. The number of aromatic nitrogens is 1. The number of hydrogen-bond donors (Lipinski definition) is 1. The van der Waals surface area contributed by atoms with E-state index in [2.05, 4.69) is 15.4 Å². The van der Waals surface area contributed by atoms with Crippen molar-refractivity contribution in [2.75, 3.05) is 40.0 Å². The lowest BCUT2D eigenvalue weighted by molar-refractivity contribution is 0.0118. The Bertz CT molecular complexity index is 914. The number of carbonyl (C=O) groups excluding carboxylic acids is 1. The van der Waals surface area contributed by atoms with E-state index in [-0.39, 0.29) is 17.6 Å². The van der Waals surface area contributed by atoms with Crippen molar-refractivity contribution in [3.05, 3.63) is 60.2 Å². The zero-order valence-corrected chi connectivity index (χ0v) is 16.2. The number of ether oxygens (including phenoxy) is 2. The summed E-state index contributed by atoms with van der Waals surface area (Å²) in [6.45, 7) is 3.30. The molecule has 1 atom stereocenters. The fourth-order valence-electron chi connectivity index (χ4n) is 3.33. The first-order valence-corrected chi connectivity index (χ1v) is 9.49. The molecular formula is C21H23N3O5.